The van der Waals surface area contributed by atoms with Gasteiger partial charge in [-0.1, -0.05) is 29.3 Å². The Kier molecular flexibility index (Phi) is 5.89. The summed E-state index contributed by atoms with van der Waals surface area (Å²) in [5.74, 6) is 0.564. The third kappa shape index (κ3) is 4.32. The van der Waals surface area contributed by atoms with E-state index in [9.17, 15) is 9.59 Å². The van der Waals surface area contributed by atoms with E-state index in [1.54, 1.807) is 49.6 Å². The summed E-state index contributed by atoms with van der Waals surface area (Å²) in [5.41, 5.74) is 1.33. The van der Waals surface area contributed by atoms with Gasteiger partial charge in [0.25, 0.3) is 5.56 Å². The third-order valence-electron chi connectivity index (χ3n) is 4.56. The van der Waals surface area contributed by atoms with E-state index in [-0.39, 0.29) is 18.1 Å². The molecule has 32 heavy (non-hydrogen) atoms. The van der Waals surface area contributed by atoms with Crippen LogP contribution in [0, 0.1) is 0 Å². The van der Waals surface area contributed by atoms with Crippen molar-refractivity contribution in [3.05, 3.63) is 68.7 Å². The second-order valence-corrected chi connectivity index (χ2v) is 7.50. The van der Waals surface area contributed by atoms with E-state index in [2.05, 4.69) is 30.8 Å². The molecule has 10 nitrogen and oxygen atoms in total. The van der Waals surface area contributed by atoms with E-state index >= 15 is 0 Å². The van der Waals surface area contributed by atoms with Crippen LogP contribution in [0.4, 0.5) is 16.6 Å². The zero-order valence-electron chi connectivity index (χ0n) is 16.5. The van der Waals surface area contributed by atoms with Crippen LogP contribution in [-0.2, 0) is 13.6 Å². The number of halogens is 2. The largest absolute Gasteiger partial charge is 0.465 e. The molecule has 162 valence electrons. The molecule has 0 radical (unpaired) electrons. The maximum atomic E-state index is 13.0. The number of benzene rings is 1. The minimum Gasteiger partial charge on any atom is -0.465 e. The van der Waals surface area contributed by atoms with E-state index in [1.165, 1.54) is 4.57 Å². The maximum absolute atomic E-state index is 13.0. The molecule has 0 atom stereocenters. The molecule has 3 aromatic heterocycles. The smallest absolute Gasteiger partial charge is 0.404 e. The molecule has 0 saturated heterocycles. The Balaban J connectivity index is 1.66. The fourth-order valence-electron chi connectivity index (χ4n) is 3.04. The molecule has 3 heterocycles. The molecular weight excluding hydrogens is 457 g/mol. The molecule has 1 aromatic carbocycles. The van der Waals surface area contributed by atoms with Crippen molar-refractivity contribution in [1.29, 1.82) is 0 Å². The Bertz CT molecular complexity index is 1370. The van der Waals surface area contributed by atoms with Crippen molar-refractivity contribution >= 4 is 52.1 Å². The summed E-state index contributed by atoms with van der Waals surface area (Å²) in [4.78, 5) is 32.2. The molecule has 0 spiro atoms. The lowest BCUT2D eigenvalue weighted by atomic mass is 10.1. The standard InChI is InChI=1S/C20H15Cl2N7O3/c1-29-17-10(7-12(18(29)30)16-13(21)3-2-4-14(16)22)8-23-19(26-17)25-15-6-5-11(27-28-15)9-24-20(31)32/h2-8,24H,9H2,1H3,(H,31,32)(H,23,25,26,28). The Labute approximate surface area is 190 Å². The number of hydrogen-bond donors (Lipinski definition) is 3. The number of aromatic nitrogens is 5. The Hall–Kier alpha value is -3.76. The van der Waals surface area contributed by atoms with Crippen LogP contribution in [0.15, 0.2) is 47.4 Å². The van der Waals surface area contributed by atoms with Gasteiger partial charge in [-0.3, -0.25) is 9.36 Å². The fourth-order valence-corrected chi connectivity index (χ4v) is 3.64. The first-order valence-electron chi connectivity index (χ1n) is 9.21. The van der Waals surface area contributed by atoms with Gasteiger partial charge in [0.15, 0.2) is 5.82 Å². The van der Waals surface area contributed by atoms with Crippen molar-refractivity contribution in [1.82, 2.24) is 30.0 Å². The topological polar surface area (TPSA) is 135 Å². The van der Waals surface area contributed by atoms with Crippen LogP contribution in [0.3, 0.4) is 0 Å². The molecule has 4 aromatic rings. The van der Waals surface area contributed by atoms with E-state index in [4.69, 9.17) is 28.3 Å². The Morgan fingerprint density at radius 2 is 1.91 bits per heavy atom. The van der Waals surface area contributed by atoms with Gasteiger partial charge in [-0.15, -0.1) is 5.10 Å². The molecule has 0 saturated carbocycles. The number of aryl methyl sites for hydroxylation is 1. The average Bonchev–Trinajstić information content (AvgIpc) is 2.77. The number of hydrogen-bond acceptors (Lipinski definition) is 7. The van der Waals surface area contributed by atoms with Gasteiger partial charge in [-0.2, -0.15) is 10.1 Å². The molecule has 12 heteroatoms. The first-order valence-corrected chi connectivity index (χ1v) is 9.96. The van der Waals surface area contributed by atoms with Crippen molar-refractivity contribution < 1.29 is 9.90 Å². The summed E-state index contributed by atoms with van der Waals surface area (Å²) < 4.78 is 1.39. The molecule has 0 fully saturated rings. The van der Waals surface area contributed by atoms with E-state index in [0.717, 1.165) is 0 Å². The van der Waals surface area contributed by atoms with Crippen molar-refractivity contribution in [2.75, 3.05) is 5.32 Å². The Morgan fingerprint density at radius 1 is 1.16 bits per heavy atom. The summed E-state index contributed by atoms with van der Waals surface area (Å²) in [5, 5.41) is 23.0. The van der Waals surface area contributed by atoms with Gasteiger partial charge in [-0.25, -0.2) is 9.78 Å². The lowest BCUT2D eigenvalue weighted by Gasteiger charge is -2.12. The molecule has 4 rings (SSSR count). The number of pyridine rings is 1. The SMILES string of the molecule is Cn1c(=O)c(-c2c(Cl)cccc2Cl)cc2cnc(Nc3ccc(CNC(=O)O)nn3)nc21. The number of fused-ring (bicyclic) bond motifs is 1. The monoisotopic (exact) mass is 471 g/mol. The van der Waals surface area contributed by atoms with Crippen LogP contribution in [-0.4, -0.2) is 35.9 Å². The fraction of sp³-hybridized carbons (Fsp3) is 0.100. The molecule has 0 aliphatic heterocycles. The molecule has 3 N–H and O–H groups in total. The van der Waals surface area contributed by atoms with Crippen molar-refractivity contribution in [2.45, 2.75) is 6.54 Å². The summed E-state index contributed by atoms with van der Waals surface area (Å²) in [6.07, 6.45) is 0.417. The summed E-state index contributed by atoms with van der Waals surface area (Å²) in [6, 6.07) is 9.92. The molecule has 0 bridgehead atoms. The van der Waals surface area contributed by atoms with E-state index in [0.29, 0.717) is 43.7 Å². The highest BCUT2D eigenvalue weighted by atomic mass is 35.5. The lowest BCUT2D eigenvalue weighted by Crippen LogP contribution is -2.21. The van der Waals surface area contributed by atoms with Gasteiger partial charge >= 0.3 is 6.09 Å². The molecular formula is C20H15Cl2N7O3. The number of amides is 1. The van der Waals surface area contributed by atoms with Crippen molar-refractivity contribution in [3.8, 4) is 11.1 Å². The van der Waals surface area contributed by atoms with Crippen molar-refractivity contribution in [3.63, 3.8) is 0 Å². The van der Waals surface area contributed by atoms with Gasteiger partial charge < -0.3 is 15.7 Å². The number of nitrogens with one attached hydrogen (secondary N) is 2. The zero-order chi connectivity index (χ0) is 22.8. The summed E-state index contributed by atoms with van der Waals surface area (Å²) in [6.45, 7) is 0.0367. The van der Waals surface area contributed by atoms with Crippen LogP contribution in [0.2, 0.25) is 10.0 Å². The minimum atomic E-state index is -1.15. The van der Waals surface area contributed by atoms with Gasteiger partial charge in [0, 0.05) is 24.2 Å². The molecule has 1 amide bonds. The molecule has 0 aliphatic rings. The highest BCUT2D eigenvalue weighted by Gasteiger charge is 2.16. The van der Waals surface area contributed by atoms with Crippen LogP contribution in [0.5, 0.6) is 0 Å². The number of carbonyl (C=O) groups is 1. The van der Waals surface area contributed by atoms with Crippen LogP contribution < -0.4 is 16.2 Å². The molecule has 0 unspecified atom stereocenters. The summed E-state index contributed by atoms with van der Waals surface area (Å²) in [7, 11) is 1.60. The van der Waals surface area contributed by atoms with Crippen LogP contribution in [0.25, 0.3) is 22.2 Å². The highest BCUT2D eigenvalue weighted by molar-refractivity contribution is 6.39. The highest BCUT2D eigenvalue weighted by Crippen LogP contribution is 2.33. The zero-order valence-corrected chi connectivity index (χ0v) is 18.0. The minimum absolute atomic E-state index is 0.0367. The predicted octanol–water partition coefficient (Wildman–Crippen LogP) is 3.60. The quantitative estimate of drug-likeness (QED) is 0.401. The van der Waals surface area contributed by atoms with Crippen LogP contribution >= 0.6 is 23.2 Å². The predicted molar refractivity (Wildman–Crippen MR) is 120 cm³/mol. The van der Waals surface area contributed by atoms with Gasteiger partial charge in [0.1, 0.15) is 5.65 Å². The second-order valence-electron chi connectivity index (χ2n) is 6.69. The van der Waals surface area contributed by atoms with Gasteiger partial charge in [0.05, 0.1) is 27.8 Å². The third-order valence-corrected chi connectivity index (χ3v) is 5.19. The average molecular weight is 472 g/mol. The second kappa shape index (κ2) is 8.77. The van der Waals surface area contributed by atoms with E-state index in [1.807, 2.05) is 0 Å². The van der Waals surface area contributed by atoms with Gasteiger partial charge in [-0.05, 0) is 30.3 Å². The van der Waals surface area contributed by atoms with Gasteiger partial charge in [0.2, 0.25) is 5.95 Å². The van der Waals surface area contributed by atoms with Crippen molar-refractivity contribution in [2.24, 2.45) is 7.05 Å². The lowest BCUT2D eigenvalue weighted by molar-refractivity contribution is 0.194. The Morgan fingerprint density at radius 3 is 2.56 bits per heavy atom. The first-order chi connectivity index (χ1) is 15.3. The number of rotatable bonds is 5. The first kappa shape index (κ1) is 21.5. The van der Waals surface area contributed by atoms with Crippen LogP contribution in [0.1, 0.15) is 5.69 Å². The summed E-state index contributed by atoms with van der Waals surface area (Å²) >= 11 is 12.6. The van der Waals surface area contributed by atoms with E-state index < -0.39 is 6.09 Å². The number of carboxylic acid groups (broad SMARTS) is 1. The molecule has 0 aliphatic carbocycles. The number of nitrogens with zero attached hydrogens (tertiary/aromatic N) is 5. The maximum Gasteiger partial charge on any atom is 0.404 e. The number of anilines is 2. The normalized spacial score (nSPS) is 10.8.